The summed E-state index contributed by atoms with van der Waals surface area (Å²) in [5, 5.41) is 9.09. The van der Waals surface area contributed by atoms with E-state index >= 15 is 0 Å². The van der Waals surface area contributed by atoms with Crippen molar-refractivity contribution in [3.63, 3.8) is 0 Å². The molecule has 1 aromatic heterocycles. The first-order chi connectivity index (χ1) is 13.7. The van der Waals surface area contributed by atoms with Crippen molar-refractivity contribution in [3.05, 3.63) is 71.1 Å². The molecule has 0 N–H and O–H groups in total. The Kier molecular flexibility index (Phi) is 5.12. The largest absolute Gasteiger partial charge is 0.445 e. The number of aryl methyl sites for hydroxylation is 1. The summed E-state index contributed by atoms with van der Waals surface area (Å²) in [5.74, 6) is 0. The smallest absolute Gasteiger partial charge is 0.410 e. The summed E-state index contributed by atoms with van der Waals surface area (Å²) in [4.78, 5) is 19.0. The summed E-state index contributed by atoms with van der Waals surface area (Å²) in [6, 6.07) is 14.1. The van der Waals surface area contributed by atoms with Gasteiger partial charge in [0, 0.05) is 12.2 Å². The van der Waals surface area contributed by atoms with E-state index in [4.69, 9.17) is 10.00 Å². The minimum Gasteiger partial charge on any atom is -0.445 e. The molecule has 2 aliphatic heterocycles. The van der Waals surface area contributed by atoms with Gasteiger partial charge in [-0.1, -0.05) is 36.4 Å². The number of amides is 1. The van der Waals surface area contributed by atoms with Gasteiger partial charge in [0.25, 0.3) is 0 Å². The Balaban J connectivity index is 1.52. The van der Waals surface area contributed by atoms with Gasteiger partial charge in [-0.3, -0.25) is 4.90 Å². The van der Waals surface area contributed by atoms with Crippen molar-refractivity contribution in [2.45, 2.75) is 51.3 Å². The second-order valence-corrected chi connectivity index (χ2v) is 7.50. The Bertz CT molecular complexity index is 946. The number of nitrogens with zero attached hydrogens (tertiary/aromatic N) is 3. The summed E-state index contributed by atoms with van der Waals surface area (Å²) in [6.07, 6.45) is 7.57. The van der Waals surface area contributed by atoms with Gasteiger partial charge in [0.1, 0.15) is 18.4 Å². The van der Waals surface area contributed by atoms with E-state index in [1.165, 1.54) is 5.57 Å². The van der Waals surface area contributed by atoms with Crippen LogP contribution in [0, 0.1) is 18.3 Å². The van der Waals surface area contributed by atoms with Gasteiger partial charge in [-0.25, -0.2) is 9.78 Å². The number of hydrogen-bond acceptors (Lipinski definition) is 4. The van der Waals surface area contributed by atoms with E-state index in [2.05, 4.69) is 17.1 Å². The van der Waals surface area contributed by atoms with Crippen molar-refractivity contribution in [1.29, 1.82) is 5.26 Å². The van der Waals surface area contributed by atoms with Gasteiger partial charge in [-0.05, 0) is 60.9 Å². The minimum atomic E-state index is -0.233. The van der Waals surface area contributed by atoms with Crippen LogP contribution in [-0.2, 0) is 11.3 Å². The number of carbonyl (C=O) groups excluding carboxylic acids is 1. The number of rotatable bonds is 3. The molecule has 28 heavy (non-hydrogen) atoms. The van der Waals surface area contributed by atoms with Crippen LogP contribution in [0.4, 0.5) is 4.79 Å². The number of ether oxygens (including phenoxy) is 1. The van der Waals surface area contributed by atoms with Crippen molar-refractivity contribution >= 4 is 11.7 Å². The number of piperidine rings is 1. The van der Waals surface area contributed by atoms with Crippen LogP contribution < -0.4 is 0 Å². The molecular weight excluding hydrogens is 350 g/mol. The highest BCUT2D eigenvalue weighted by molar-refractivity contribution is 5.74. The molecule has 2 aromatic rings. The van der Waals surface area contributed by atoms with Crippen molar-refractivity contribution < 1.29 is 9.53 Å². The van der Waals surface area contributed by atoms with E-state index in [1.54, 1.807) is 6.20 Å². The molecule has 2 atom stereocenters. The topological polar surface area (TPSA) is 66.2 Å². The van der Waals surface area contributed by atoms with Gasteiger partial charge in [0.2, 0.25) is 0 Å². The molecule has 1 saturated heterocycles. The minimum absolute atomic E-state index is 0.0572. The molecule has 3 heterocycles. The number of pyridine rings is 1. The maximum atomic E-state index is 12.8. The maximum Gasteiger partial charge on any atom is 0.410 e. The van der Waals surface area contributed by atoms with Gasteiger partial charge in [-0.2, -0.15) is 5.26 Å². The van der Waals surface area contributed by atoms with Crippen molar-refractivity contribution in [2.24, 2.45) is 0 Å². The molecule has 1 aromatic carbocycles. The standard InChI is InChI=1S/C23H23N3O2/c1-16-10-19(14-25-22(16)13-24)18-11-20-8-5-9-21(12-18)26(20)23(27)28-15-17-6-3-2-4-7-17/h2-4,6-7,10-11,14,20-21H,5,8-9,12,15H2,1H3. The third kappa shape index (κ3) is 3.63. The highest BCUT2D eigenvalue weighted by Gasteiger charge is 2.38. The van der Waals surface area contributed by atoms with Crippen molar-refractivity contribution in [2.75, 3.05) is 0 Å². The predicted octanol–water partition coefficient (Wildman–Crippen LogP) is 4.61. The van der Waals surface area contributed by atoms with Crippen LogP contribution in [0.1, 0.15) is 48.1 Å². The quantitative estimate of drug-likeness (QED) is 0.788. The molecule has 2 bridgehead atoms. The zero-order chi connectivity index (χ0) is 19.5. The molecule has 0 saturated carbocycles. The second-order valence-electron chi connectivity index (χ2n) is 7.50. The van der Waals surface area contributed by atoms with Crippen molar-refractivity contribution in [3.8, 4) is 6.07 Å². The fraction of sp³-hybridized carbons (Fsp3) is 0.348. The first kappa shape index (κ1) is 18.2. The lowest BCUT2D eigenvalue weighted by atomic mass is 9.83. The molecule has 0 aliphatic carbocycles. The average molecular weight is 373 g/mol. The van der Waals surface area contributed by atoms with Crippen molar-refractivity contribution in [1.82, 2.24) is 9.88 Å². The predicted molar refractivity (Wildman–Crippen MR) is 106 cm³/mol. The zero-order valence-corrected chi connectivity index (χ0v) is 16.0. The van der Waals surface area contributed by atoms with E-state index in [-0.39, 0.29) is 18.2 Å². The third-order valence-corrected chi connectivity index (χ3v) is 5.61. The van der Waals surface area contributed by atoms with Gasteiger partial charge in [0.15, 0.2) is 0 Å². The second kappa shape index (κ2) is 7.85. The molecule has 0 radical (unpaired) electrons. The van der Waals surface area contributed by atoms with Crippen LogP contribution in [0.25, 0.3) is 5.57 Å². The van der Waals surface area contributed by atoms with Gasteiger partial charge >= 0.3 is 6.09 Å². The number of hydrogen-bond donors (Lipinski definition) is 0. The first-order valence-corrected chi connectivity index (χ1v) is 9.72. The molecule has 1 amide bonds. The SMILES string of the molecule is Cc1cc(C2=CC3CCCC(C2)N3C(=O)OCc2ccccc2)cnc1C#N. The van der Waals surface area contributed by atoms with Gasteiger partial charge in [0.05, 0.1) is 6.04 Å². The van der Waals surface area contributed by atoms with Crippen LogP contribution in [-0.4, -0.2) is 28.1 Å². The Morgan fingerprint density at radius 2 is 2.14 bits per heavy atom. The van der Waals surface area contributed by atoms with Crippen LogP contribution >= 0.6 is 0 Å². The molecule has 5 nitrogen and oxygen atoms in total. The molecule has 1 fully saturated rings. The summed E-state index contributed by atoms with van der Waals surface area (Å²) < 4.78 is 5.60. The number of aromatic nitrogens is 1. The third-order valence-electron chi connectivity index (χ3n) is 5.61. The highest BCUT2D eigenvalue weighted by atomic mass is 16.6. The van der Waals surface area contributed by atoms with Crippen LogP contribution in [0.5, 0.6) is 0 Å². The molecule has 4 rings (SSSR count). The van der Waals surface area contributed by atoms with E-state index in [0.29, 0.717) is 12.3 Å². The normalized spacial score (nSPS) is 20.9. The van der Waals surface area contributed by atoms with Gasteiger partial charge < -0.3 is 4.74 Å². The van der Waals surface area contributed by atoms with E-state index in [0.717, 1.165) is 42.4 Å². The molecule has 5 heteroatoms. The number of fused-ring (bicyclic) bond motifs is 2. The summed E-state index contributed by atoms with van der Waals surface area (Å²) >= 11 is 0. The Labute approximate surface area is 165 Å². The molecular formula is C23H23N3O2. The average Bonchev–Trinajstić information content (AvgIpc) is 2.71. The summed E-state index contributed by atoms with van der Waals surface area (Å²) in [6.45, 7) is 2.21. The van der Waals surface area contributed by atoms with Crippen LogP contribution in [0.15, 0.2) is 48.7 Å². The number of carbonyl (C=O) groups is 1. The monoisotopic (exact) mass is 373 g/mol. The molecule has 2 unspecified atom stereocenters. The van der Waals surface area contributed by atoms with E-state index < -0.39 is 0 Å². The lowest BCUT2D eigenvalue weighted by Crippen LogP contribution is -2.51. The molecule has 0 spiro atoms. The zero-order valence-electron chi connectivity index (χ0n) is 16.0. The summed E-state index contributed by atoms with van der Waals surface area (Å²) in [5.41, 5.74) is 4.60. The Morgan fingerprint density at radius 3 is 2.86 bits per heavy atom. The highest BCUT2D eigenvalue weighted by Crippen LogP contribution is 2.37. The van der Waals surface area contributed by atoms with E-state index in [1.807, 2.05) is 48.2 Å². The molecule has 142 valence electrons. The van der Waals surface area contributed by atoms with Crippen LogP contribution in [0.2, 0.25) is 0 Å². The fourth-order valence-corrected chi connectivity index (χ4v) is 4.19. The Hall–Kier alpha value is -3.13. The van der Waals surface area contributed by atoms with Crippen LogP contribution in [0.3, 0.4) is 0 Å². The number of benzene rings is 1. The fourth-order valence-electron chi connectivity index (χ4n) is 4.19. The maximum absolute atomic E-state index is 12.8. The lowest BCUT2D eigenvalue weighted by Gasteiger charge is -2.44. The lowest BCUT2D eigenvalue weighted by molar-refractivity contribution is 0.0510. The number of nitriles is 1. The van der Waals surface area contributed by atoms with Gasteiger partial charge in [-0.15, -0.1) is 0 Å². The van der Waals surface area contributed by atoms with E-state index in [9.17, 15) is 4.79 Å². The summed E-state index contributed by atoms with van der Waals surface area (Å²) in [7, 11) is 0. The molecule has 2 aliphatic rings. The first-order valence-electron chi connectivity index (χ1n) is 9.72. The Morgan fingerprint density at radius 1 is 1.32 bits per heavy atom.